The van der Waals surface area contributed by atoms with E-state index in [1.54, 1.807) is 58.9 Å². The Kier molecular flexibility index (Phi) is 7.27. The van der Waals surface area contributed by atoms with Gasteiger partial charge >= 0.3 is 0 Å². The Hall–Kier alpha value is -1.69. The van der Waals surface area contributed by atoms with E-state index in [0.29, 0.717) is 31.9 Å². The Balaban J connectivity index is 2.02. The number of carbonyl (C=O) groups is 1. The second-order valence-corrected chi connectivity index (χ2v) is 8.27. The van der Waals surface area contributed by atoms with Gasteiger partial charge in [0, 0.05) is 31.1 Å². The molecule has 0 heterocycles. The molecule has 0 saturated heterocycles. The number of rotatable bonds is 7. The van der Waals surface area contributed by atoms with Crippen molar-refractivity contribution in [3.8, 4) is 0 Å². The largest absolute Gasteiger partial charge is 0.384 e. The van der Waals surface area contributed by atoms with E-state index in [9.17, 15) is 9.90 Å². The monoisotopic (exact) mass is 451 g/mol. The van der Waals surface area contributed by atoms with Gasteiger partial charge < -0.3 is 14.2 Å². The molecule has 1 atom stereocenters. The van der Waals surface area contributed by atoms with Crippen molar-refractivity contribution in [3.05, 3.63) is 92.9 Å². The molecule has 3 aromatic rings. The van der Waals surface area contributed by atoms with Crippen LogP contribution in [0.1, 0.15) is 17.2 Å². The summed E-state index contributed by atoms with van der Waals surface area (Å²) in [6.07, 6.45) is -0.189. The number of hydrogen-bond acceptors (Lipinski definition) is 4. The predicted octanol–water partition coefficient (Wildman–Crippen LogP) is 6.44. The molecule has 0 aliphatic heterocycles. The van der Waals surface area contributed by atoms with Gasteiger partial charge in [0.2, 0.25) is 0 Å². The first kappa shape index (κ1) is 21.0. The van der Waals surface area contributed by atoms with Crippen molar-refractivity contribution < 1.29 is 9.90 Å². The molecule has 0 fully saturated rings. The summed E-state index contributed by atoms with van der Waals surface area (Å²) in [4.78, 5) is 12.2. The Labute approximate surface area is 183 Å². The number of aliphatic hydroxyl groups excluding tert-OH is 1. The molecular formula is C21H16Cl3NO2S. The van der Waals surface area contributed by atoms with Crippen LogP contribution in [0.4, 0.5) is 5.69 Å². The molecule has 7 heteroatoms. The summed E-state index contributed by atoms with van der Waals surface area (Å²) in [6, 6.07) is 19.6. The summed E-state index contributed by atoms with van der Waals surface area (Å²) in [5.74, 6) is 0. The van der Waals surface area contributed by atoms with E-state index >= 15 is 0 Å². The Morgan fingerprint density at radius 1 is 0.929 bits per heavy atom. The average molecular weight is 453 g/mol. The zero-order chi connectivity index (χ0) is 20.1. The topological polar surface area (TPSA) is 40.5 Å². The highest BCUT2D eigenvalue weighted by Gasteiger charge is 2.21. The summed E-state index contributed by atoms with van der Waals surface area (Å²) in [5, 5.41) is 12.6. The molecule has 0 amide bonds. The van der Waals surface area contributed by atoms with Gasteiger partial charge in [-0.15, -0.1) is 0 Å². The van der Waals surface area contributed by atoms with Crippen molar-refractivity contribution in [2.75, 3.05) is 10.8 Å². The summed E-state index contributed by atoms with van der Waals surface area (Å²) in [7, 11) is 0. The lowest BCUT2D eigenvalue weighted by Crippen LogP contribution is -2.19. The van der Waals surface area contributed by atoms with Gasteiger partial charge in [-0.1, -0.05) is 53.0 Å². The van der Waals surface area contributed by atoms with Gasteiger partial charge in [-0.2, -0.15) is 0 Å². The number of aliphatic hydroxyl groups is 1. The second-order valence-electron chi connectivity index (χ2n) is 5.90. The quantitative estimate of drug-likeness (QED) is 0.331. The average Bonchev–Trinajstić information content (AvgIpc) is 2.69. The first-order valence-corrected chi connectivity index (χ1v) is 10.3. The molecule has 28 heavy (non-hydrogen) atoms. The van der Waals surface area contributed by atoms with Crippen LogP contribution in [-0.2, 0) is 4.79 Å². The minimum absolute atomic E-state index is 0.122. The van der Waals surface area contributed by atoms with Crippen LogP contribution in [0.5, 0.6) is 0 Å². The van der Waals surface area contributed by atoms with Crippen molar-refractivity contribution in [3.63, 3.8) is 0 Å². The van der Waals surface area contributed by atoms with Crippen LogP contribution in [0, 0.1) is 0 Å². The van der Waals surface area contributed by atoms with Crippen LogP contribution < -0.4 is 4.31 Å². The number of anilines is 1. The third kappa shape index (κ3) is 5.02. The molecule has 0 aliphatic carbocycles. The summed E-state index contributed by atoms with van der Waals surface area (Å²) in [5.41, 5.74) is 1.79. The van der Waals surface area contributed by atoms with E-state index in [1.807, 2.05) is 12.1 Å². The minimum Gasteiger partial charge on any atom is -0.384 e. The standard InChI is InChI=1S/C21H16Cl3NO2S/c22-14-5-8-16(9-6-14)28-25(11-12-26)20-10-7-15(23)13-18(20)21(27)17-3-1-2-4-19(17)24/h1-10,12-13,21,27H,11H2. The third-order valence-corrected chi connectivity index (χ3v) is 5.90. The third-order valence-electron chi connectivity index (χ3n) is 4.02. The van der Waals surface area contributed by atoms with E-state index in [2.05, 4.69) is 0 Å². The molecule has 3 aromatic carbocycles. The number of aldehydes is 1. The molecule has 1 unspecified atom stereocenters. The molecule has 0 aliphatic rings. The summed E-state index contributed by atoms with van der Waals surface area (Å²) >= 11 is 19.8. The maximum absolute atomic E-state index is 11.3. The molecule has 144 valence electrons. The number of carbonyl (C=O) groups excluding carboxylic acids is 1. The molecule has 3 nitrogen and oxygen atoms in total. The Morgan fingerprint density at radius 2 is 1.61 bits per heavy atom. The number of halogens is 3. The SMILES string of the molecule is O=CCN(Sc1ccc(Cl)cc1)c1ccc(Cl)cc1C(O)c1ccccc1Cl. The van der Waals surface area contributed by atoms with Gasteiger partial charge in [-0.3, -0.25) is 0 Å². The molecule has 1 N–H and O–H groups in total. The van der Waals surface area contributed by atoms with Gasteiger partial charge in [0.1, 0.15) is 12.4 Å². The van der Waals surface area contributed by atoms with Crippen LogP contribution in [0.15, 0.2) is 71.6 Å². The zero-order valence-electron chi connectivity index (χ0n) is 14.6. The van der Waals surface area contributed by atoms with Crippen molar-refractivity contribution >= 4 is 58.7 Å². The lowest BCUT2D eigenvalue weighted by Gasteiger charge is -2.26. The number of hydrogen-bond donors (Lipinski definition) is 1. The number of benzene rings is 3. The van der Waals surface area contributed by atoms with E-state index in [4.69, 9.17) is 34.8 Å². The number of nitrogens with zero attached hydrogens (tertiary/aromatic N) is 1. The van der Waals surface area contributed by atoms with Crippen LogP contribution >= 0.6 is 46.8 Å². The smallest absolute Gasteiger partial charge is 0.140 e. The van der Waals surface area contributed by atoms with Crippen LogP contribution in [0.3, 0.4) is 0 Å². The molecule has 0 radical (unpaired) electrons. The van der Waals surface area contributed by atoms with E-state index in [1.165, 1.54) is 11.9 Å². The normalized spacial score (nSPS) is 11.9. The maximum atomic E-state index is 11.3. The van der Waals surface area contributed by atoms with E-state index in [-0.39, 0.29) is 6.54 Å². The first-order chi connectivity index (χ1) is 13.5. The van der Waals surface area contributed by atoms with Crippen LogP contribution in [0.25, 0.3) is 0 Å². The van der Waals surface area contributed by atoms with Gasteiger partial charge in [0.15, 0.2) is 0 Å². The van der Waals surface area contributed by atoms with Gasteiger partial charge in [0.05, 0.1) is 12.2 Å². The van der Waals surface area contributed by atoms with E-state index < -0.39 is 6.10 Å². The van der Waals surface area contributed by atoms with E-state index in [0.717, 1.165) is 11.2 Å². The van der Waals surface area contributed by atoms with Crippen LogP contribution in [0.2, 0.25) is 15.1 Å². The van der Waals surface area contributed by atoms with Gasteiger partial charge in [-0.25, -0.2) is 0 Å². The molecule has 0 spiro atoms. The fourth-order valence-electron chi connectivity index (χ4n) is 2.71. The Morgan fingerprint density at radius 3 is 2.29 bits per heavy atom. The molecule has 0 saturated carbocycles. The minimum atomic E-state index is -0.998. The fraction of sp³-hybridized carbons (Fsp3) is 0.0952. The maximum Gasteiger partial charge on any atom is 0.140 e. The van der Waals surface area contributed by atoms with Crippen molar-refractivity contribution in [2.24, 2.45) is 0 Å². The highest BCUT2D eigenvalue weighted by Crippen LogP contribution is 2.39. The zero-order valence-corrected chi connectivity index (χ0v) is 17.6. The van der Waals surface area contributed by atoms with Crippen LogP contribution in [-0.4, -0.2) is 17.9 Å². The highest BCUT2D eigenvalue weighted by molar-refractivity contribution is 8.00. The lowest BCUT2D eigenvalue weighted by atomic mass is 9.99. The molecule has 0 bridgehead atoms. The molecular weight excluding hydrogens is 437 g/mol. The molecule has 3 rings (SSSR count). The second kappa shape index (κ2) is 9.68. The lowest BCUT2D eigenvalue weighted by molar-refractivity contribution is -0.106. The predicted molar refractivity (Wildman–Crippen MR) is 118 cm³/mol. The van der Waals surface area contributed by atoms with Crippen molar-refractivity contribution in [1.82, 2.24) is 0 Å². The van der Waals surface area contributed by atoms with Gasteiger partial charge in [-0.05, 0) is 60.5 Å². The van der Waals surface area contributed by atoms with Crippen molar-refractivity contribution in [1.29, 1.82) is 0 Å². The fourth-order valence-corrected chi connectivity index (χ4v) is 4.17. The highest BCUT2D eigenvalue weighted by atomic mass is 35.5. The Bertz CT molecular complexity index is 966. The van der Waals surface area contributed by atoms with Gasteiger partial charge in [0.25, 0.3) is 0 Å². The molecule has 0 aromatic heterocycles. The van der Waals surface area contributed by atoms with Crippen molar-refractivity contribution in [2.45, 2.75) is 11.0 Å². The first-order valence-electron chi connectivity index (χ1n) is 8.36. The summed E-state index contributed by atoms with van der Waals surface area (Å²) in [6.45, 7) is 0.122. The summed E-state index contributed by atoms with van der Waals surface area (Å²) < 4.78 is 1.79.